The minimum atomic E-state index is -0.198. The first kappa shape index (κ1) is 14.2. The third-order valence-electron chi connectivity index (χ3n) is 4.46. The minimum Gasteiger partial charge on any atom is -0.507 e. The second kappa shape index (κ2) is 5.04. The Balaban J connectivity index is 2.40. The molecule has 2 N–H and O–H groups in total. The average molecular weight is 264 g/mol. The minimum absolute atomic E-state index is 0.198. The molecule has 3 heteroatoms. The topological polar surface area (TPSA) is 49.7 Å². The van der Waals surface area contributed by atoms with E-state index in [1.54, 1.807) is 0 Å². The van der Waals surface area contributed by atoms with Crippen molar-refractivity contribution < 1.29 is 14.9 Å². The zero-order chi connectivity index (χ0) is 14.2. The van der Waals surface area contributed by atoms with Gasteiger partial charge < -0.3 is 14.9 Å². The van der Waals surface area contributed by atoms with Gasteiger partial charge in [-0.15, -0.1) is 0 Å². The fraction of sp³-hybridized carbons (Fsp3) is 0.625. The second-order valence-corrected chi connectivity index (χ2v) is 5.91. The van der Waals surface area contributed by atoms with Crippen LogP contribution in [0.2, 0.25) is 0 Å². The van der Waals surface area contributed by atoms with E-state index in [0.717, 1.165) is 53.7 Å². The lowest BCUT2D eigenvalue weighted by molar-refractivity contribution is 0.0478. The maximum absolute atomic E-state index is 10.1. The van der Waals surface area contributed by atoms with Gasteiger partial charge in [-0.3, -0.25) is 0 Å². The highest BCUT2D eigenvalue weighted by Gasteiger charge is 2.33. The summed E-state index contributed by atoms with van der Waals surface area (Å²) >= 11 is 0. The number of ether oxygens (including phenoxy) is 1. The van der Waals surface area contributed by atoms with Crippen molar-refractivity contribution in [1.29, 1.82) is 0 Å². The first-order chi connectivity index (χ1) is 8.89. The number of benzene rings is 1. The molecular formula is C16H24O3. The third kappa shape index (κ3) is 2.44. The lowest BCUT2D eigenvalue weighted by Gasteiger charge is -2.38. The van der Waals surface area contributed by atoms with E-state index in [4.69, 9.17) is 9.84 Å². The third-order valence-corrected chi connectivity index (χ3v) is 4.46. The van der Waals surface area contributed by atoms with E-state index >= 15 is 0 Å². The van der Waals surface area contributed by atoms with Gasteiger partial charge in [-0.25, -0.2) is 0 Å². The lowest BCUT2D eigenvalue weighted by atomic mass is 9.85. The van der Waals surface area contributed by atoms with E-state index in [1.165, 1.54) is 0 Å². The first-order valence-electron chi connectivity index (χ1n) is 7.01. The van der Waals surface area contributed by atoms with E-state index in [-0.39, 0.29) is 12.2 Å². The van der Waals surface area contributed by atoms with Gasteiger partial charge in [0, 0.05) is 12.2 Å². The van der Waals surface area contributed by atoms with Crippen molar-refractivity contribution in [2.24, 2.45) is 0 Å². The number of aliphatic hydroxyl groups excluding tert-OH is 1. The summed E-state index contributed by atoms with van der Waals surface area (Å²) in [5.41, 5.74) is 3.83. The van der Waals surface area contributed by atoms with Gasteiger partial charge in [0.25, 0.3) is 0 Å². The Morgan fingerprint density at radius 1 is 1.16 bits per heavy atom. The summed E-state index contributed by atoms with van der Waals surface area (Å²) in [5.74, 6) is 1.35. The second-order valence-electron chi connectivity index (χ2n) is 5.91. The molecule has 106 valence electrons. The molecule has 1 aliphatic rings. The van der Waals surface area contributed by atoms with Gasteiger partial charge in [0.1, 0.15) is 17.1 Å². The quantitative estimate of drug-likeness (QED) is 0.881. The summed E-state index contributed by atoms with van der Waals surface area (Å²) in [4.78, 5) is 0. The van der Waals surface area contributed by atoms with Gasteiger partial charge >= 0.3 is 0 Å². The van der Waals surface area contributed by atoms with Crippen molar-refractivity contribution in [3.05, 3.63) is 22.3 Å². The highest BCUT2D eigenvalue weighted by Crippen LogP contribution is 2.44. The number of phenols is 1. The normalized spacial score (nSPS) is 21.9. The Hall–Kier alpha value is -1.22. The predicted octanol–water partition coefficient (Wildman–Crippen LogP) is 3.17. The van der Waals surface area contributed by atoms with E-state index in [9.17, 15) is 5.11 Å². The van der Waals surface area contributed by atoms with Gasteiger partial charge in [-0.05, 0) is 70.1 Å². The lowest BCUT2D eigenvalue weighted by Crippen LogP contribution is -2.37. The van der Waals surface area contributed by atoms with Crippen molar-refractivity contribution in [3.63, 3.8) is 0 Å². The Morgan fingerprint density at radius 3 is 2.47 bits per heavy atom. The molecule has 3 nitrogen and oxygen atoms in total. The molecule has 0 aliphatic carbocycles. The molecule has 0 aromatic heterocycles. The monoisotopic (exact) mass is 264 g/mol. The van der Waals surface area contributed by atoms with Crippen LogP contribution < -0.4 is 4.74 Å². The number of aliphatic hydroxyl groups is 1. The molecule has 0 bridgehead atoms. The van der Waals surface area contributed by atoms with Crippen LogP contribution in [0.25, 0.3) is 0 Å². The number of hydrogen-bond donors (Lipinski definition) is 2. The Bertz CT molecular complexity index is 494. The highest BCUT2D eigenvalue weighted by atomic mass is 16.5. The number of phenolic OH excluding ortho intramolecular Hbond substituents is 1. The molecule has 19 heavy (non-hydrogen) atoms. The van der Waals surface area contributed by atoms with E-state index in [2.05, 4.69) is 6.92 Å². The number of rotatable bonds is 3. The molecule has 1 heterocycles. The molecule has 0 saturated heterocycles. The molecule has 1 atom stereocenters. The van der Waals surface area contributed by atoms with Gasteiger partial charge in [0.05, 0.1) is 0 Å². The summed E-state index contributed by atoms with van der Waals surface area (Å²) in [6, 6.07) is 0. The molecule has 0 saturated carbocycles. The fourth-order valence-corrected chi connectivity index (χ4v) is 2.92. The van der Waals surface area contributed by atoms with Crippen LogP contribution >= 0.6 is 0 Å². The smallest absolute Gasteiger partial charge is 0.127 e. The van der Waals surface area contributed by atoms with Crippen molar-refractivity contribution in [1.82, 2.24) is 0 Å². The molecule has 0 amide bonds. The van der Waals surface area contributed by atoms with Gasteiger partial charge in [-0.2, -0.15) is 0 Å². The molecule has 1 aromatic carbocycles. The predicted molar refractivity (Wildman–Crippen MR) is 76.0 cm³/mol. The molecule has 1 aromatic rings. The summed E-state index contributed by atoms with van der Waals surface area (Å²) in [5, 5.41) is 19.1. The van der Waals surface area contributed by atoms with Gasteiger partial charge in [0.15, 0.2) is 0 Å². The summed E-state index contributed by atoms with van der Waals surface area (Å²) < 4.78 is 6.25. The molecule has 0 spiro atoms. The Kier molecular flexibility index (Phi) is 3.77. The maximum atomic E-state index is 10.1. The number of hydrogen-bond acceptors (Lipinski definition) is 3. The van der Waals surface area contributed by atoms with Crippen molar-refractivity contribution in [3.8, 4) is 11.5 Å². The van der Waals surface area contributed by atoms with E-state index < -0.39 is 0 Å². The van der Waals surface area contributed by atoms with Crippen molar-refractivity contribution in [2.45, 2.75) is 59.0 Å². The highest BCUT2D eigenvalue weighted by molar-refractivity contribution is 5.58. The van der Waals surface area contributed by atoms with Crippen LogP contribution in [0.3, 0.4) is 0 Å². The van der Waals surface area contributed by atoms with Crippen LogP contribution in [-0.4, -0.2) is 22.4 Å². The largest absolute Gasteiger partial charge is 0.507 e. The summed E-state index contributed by atoms with van der Waals surface area (Å²) in [6.45, 7) is 8.22. The standard InChI is InChI=1S/C16H24O3/c1-10-11(2)15-13(12(3)14(10)18)6-8-16(4,19-15)7-5-9-17/h17-18H,5-9H2,1-4H3. The molecule has 1 unspecified atom stereocenters. The van der Waals surface area contributed by atoms with Crippen molar-refractivity contribution >= 4 is 0 Å². The van der Waals surface area contributed by atoms with Gasteiger partial charge in [-0.1, -0.05) is 0 Å². The van der Waals surface area contributed by atoms with Crippen molar-refractivity contribution in [2.75, 3.05) is 6.61 Å². The molecule has 0 fully saturated rings. The van der Waals surface area contributed by atoms with E-state index in [0.29, 0.717) is 5.75 Å². The van der Waals surface area contributed by atoms with E-state index in [1.807, 2.05) is 20.8 Å². The zero-order valence-electron chi connectivity index (χ0n) is 12.3. The van der Waals surface area contributed by atoms with Crippen LogP contribution in [0.1, 0.15) is 48.4 Å². The maximum Gasteiger partial charge on any atom is 0.127 e. The molecule has 0 radical (unpaired) electrons. The van der Waals surface area contributed by atoms with Crippen LogP contribution in [0, 0.1) is 20.8 Å². The van der Waals surface area contributed by atoms with Gasteiger partial charge in [0.2, 0.25) is 0 Å². The number of aromatic hydroxyl groups is 1. The number of fused-ring (bicyclic) bond motifs is 1. The van der Waals surface area contributed by atoms with Crippen LogP contribution in [0.5, 0.6) is 11.5 Å². The summed E-state index contributed by atoms with van der Waals surface area (Å²) in [6.07, 6.45) is 3.49. The Morgan fingerprint density at radius 2 is 1.84 bits per heavy atom. The molecular weight excluding hydrogens is 240 g/mol. The zero-order valence-corrected chi connectivity index (χ0v) is 12.3. The van der Waals surface area contributed by atoms with Crippen LogP contribution in [-0.2, 0) is 6.42 Å². The molecule has 1 aliphatic heterocycles. The summed E-state index contributed by atoms with van der Waals surface area (Å²) in [7, 11) is 0. The fourth-order valence-electron chi connectivity index (χ4n) is 2.92. The first-order valence-corrected chi connectivity index (χ1v) is 7.01. The SMILES string of the molecule is Cc1c(C)c2c(c(C)c1O)CCC(C)(CCCO)O2. The van der Waals surface area contributed by atoms with Crippen LogP contribution in [0.15, 0.2) is 0 Å². The van der Waals surface area contributed by atoms with Crippen LogP contribution in [0.4, 0.5) is 0 Å². The Labute approximate surface area is 115 Å². The average Bonchev–Trinajstić information content (AvgIpc) is 2.40. The molecule has 2 rings (SSSR count).